The van der Waals surface area contributed by atoms with Crippen LogP contribution >= 0.6 is 24.0 Å². The van der Waals surface area contributed by atoms with Crippen molar-refractivity contribution in [3.8, 4) is 5.75 Å². The molecule has 1 aliphatic heterocycles. The zero-order chi connectivity index (χ0) is 19.4. The Hall–Kier alpha value is -2.62. The third kappa shape index (κ3) is 5.00. The molecule has 0 aromatic heterocycles. The minimum Gasteiger partial charge on any atom is -0.491 e. The van der Waals surface area contributed by atoms with Crippen molar-refractivity contribution >= 4 is 47.4 Å². The highest BCUT2D eigenvalue weighted by molar-refractivity contribution is 14.0. The van der Waals surface area contributed by atoms with Crippen LogP contribution in [0.4, 0.5) is 5.69 Å². The molecule has 0 saturated carbocycles. The molecule has 0 fully saturated rings. The van der Waals surface area contributed by atoms with Crippen LogP contribution in [0.1, 0.15) is 34.6 Å². The maximum atomic E-state index is 12.3. The molecule has 2 aromatic rings. The lowest BCUT2D eigenvalue weighted by Crippen LogP contribution is -2.33. The van der Waals surface area contributed by atoms with Gasteiger partial charge in [-0.05, 0) is 50.2 Å². The predicted octanol–water partition coefficient (Wildman–Crippen LogP) is 3.11. The molecule has 0 radical (unpaired) electrons. The van der Waals surface area contributed by atoms with Gasteiger partial charge >= 0.3 is 0 Å². The number of imide groups is 1. The van der Waals surface area contributed by atoms with Crippen molar-refractivity contribution in [1.82, 2.24) is 4.90 Å². The van der Waals surface area contributed by atoms with Gasteiger partial charge in [-0.15, -0.1) is 24.0 Å². The quantitative estimate of drug-likeness (QED) is 0.279. The van der Waals surface area contributed by atoms with Crippen LogP contribution in [0.15, 0.2) is 53.5 Å². The van der Waals surface area contributed by atoms with Gasteiger partial charge in [-0.3, -0.25) is 19.5 Å². The summed E-state index contributed by atoms with van der Waals surface area (Å²) in [5, 5.41) is 2.97. The van der Waals surface area contributed by atoms with Crippen LogP contribution in [-0.4, -0.2) is 41.9 Å². The number of nitrogens with two attached hydrogens (primary N) is 1. The minimum atomic E-state index is -0.293. The van der Waals surface area contributed by atoms with Gasteiger partial charge in [-0.2, -0.15) is 0 Å². The number of guanidine groups is 1. The fourth-order valence-corrected chi connectivity index (χ4v) is 2.79. The molecule has 0 saturated heterocycles. The number of rotatable bonds is 6. The number of nitrogens with one attached hydrogen (secondary N) is 1. The molecule has 1 aliphatic rings. The van der Waals surface area contributed by atoms with E-state index in [0.29, 0.717) is 11.1 Å². The molecule has 0 spiro atoms. The first-order chi connectivity index (χ1) is 13.0. The Balaban J connectivity index is 0.00000280. The van der Waals surface area contributed by atoms with E-state index in [1.165, 1.54) is 4.90 Å². The summed E-state index contributed by atoms with van der Waals surface area (Å²) in [5.41, 5.74) is 7.52. The van der Waals surface area contributed by atoms with Crippen molar-refractivity contribution in [2.45, 2.75) is 20.0 Å². The van der Waals surface area contributed by atoms with Crippen LogP contribution in [0.2, 0.25) is 0 Å². The van der Waals surface area contributed by atoms with E-state index in [1.54, 1.807) is 24.3 Å². The number of amides is 2. The first kappa shape index (κ1) is 21.7. The maximum Gasteiger partial charge on any atom is 0.261 e. The van der Waals surface area contributed by atoms with Gasteiger partial charge in [0.2, 0.25) is 0 Å². The van der Waals surface area contributed by atoms with Gasteiger partial charge in [0.05, 0.1) is 23.8 Å². The van der Waals surface area contributed by atoms with Gasteiger partial charge < -0.3 is 15.8 Å². The Morgan fingerprint density at radius 2 is 1.64 bits per heavy atom. The van der Waals surface area contributed by atoms with E-state index >= 15 is 0 Å². The normalized spacial score (nSPS) is 13.4. The van der Waals surface area contributed by atoms with Crippen molar-refractivity contribution in [3.05, 3.63) is 59.7 Å². The van der Waals surface area contributed by atoms with E-state index < -0.39 is 0 Å². The molecule has 0 aliphatic carbocycles. The molecule has 0 bridgehead atoms. The Morgan fingerprint density at radius 1 is 1.07 bits per heavy atom. The largest absolute Gasteiger partial charge is 0.491 e. The maximum absolute atomic E-state index is 12.3. The average molecular weight is 494 g/mol. The first-order valence-corrected chi connectivity index (χ1v) is 8.74. The Kier molecular flexibility index (Phi) is 7.38. The van der Waals surface area contributed by atoms with Gasteiger partial charge in [-0.25, -0.2) is 0 Å². The SMILES string of the molecule is CC(C)Oc1ccc(NC(N)=NCCN2C(=O)c3ccccc3C2=O)cc1.I. The average Bonchev–Trinajstić information content (AvgIpc) is 2.88. The summed E-state index contributed by atoms with van der Waals surface area (Å²) in [6, 6.07) is 14.1. The molecule has 28 heavy (non-hydrogen) atoms. The molecule has 3 rings (SSSR count). The first-order valence-electron chi connectivity index (χ1n) is 8.74. The number of ether oxygens (including phenoxy) is 1. The third-order valence-electron chi connectivity index (χ3n) is 3.98. The van der Waals surface area contributed by atoms with Crippen molar-refractivity contribution in [2.75, 3.05) is 18.4 Å². The third-order valence-corrected chi connectivity index (χ3v) is 3.98. The lowest BCUT2D eigenvalue weighted by Gasteiger charge is -2.13. The van der Waals surface area contributed by atoms with E-state index in [1.807, 2.05) is 38.1 Å². The summed E-state index contributed by atoms with van der Waals surface area (Å²) < 4.78 is 5.58. The molecule has 3 N–H and O–H groups in total. The van der Waals surface area contributed by atoms with Crippen LogP contribution in [0, 0.1) is 0 Å². The van der Waals surface area contributed by atoms with Gasteiger partial charge in [-0.1, -0.05) is 12.1 Å². The number of carbonyl (C=O) groups is 2. The van der Waals surface area contributed by atoms with E-state index in [0.717, 1.165) is 11.4 Å². The number of hydrogen-bond donors (Lipinski definition) is 2. The Morgan fingerprint density at radius 3 is 2.18 bits per heavy atom. The summed E-state index contributed by atoms with van der Waals surface area (Å²) in [6.07, 6.45) is 0.109. The summed E-state index contributed by atoms with van der Waals surface area (Å²) in [7, 11) is 0. The predicted molar refractivity (Wildman–Crippen MR) is 120 cm³/mol. The molecule has 1 heterocycles. The van der Waals surface area contributed by atoms with Gasteiger partial charge in [0.1, 0.15) is 5.75 Å². The molecule has 0 unspecified atom stereocenters. The Labute approximate surface area is 181 Å². The lowest BCUT2D eigenvalue weighted by molar-refractivity contribution is 0.0659. The van der Waals surface area contributed by atoms with E-state index in [4.69, 9.17) is 10.5 Å². The number of anilines is 1. The summed E-state index contributed by atoms with van der Waals surface area (Å²) in [6.45, 7) is 4.32. The minimum absolute atomic E-state index is 0. The monoisotopic (exact) mass is 494 g/mol. The second kappa shape index (κ2) is 9.54. The second-order valence-electron chi connectivity index (χ2n) is 6.39. The van der Waals surface area contributed by atoms with Crippen molar-refractivity contribution in [1.29, 1.82) is 0 Å². The Bertz CT molecular complexity index is 846. The highest BCUT2D eigenvalue weighted by Crippen LogP contribution is 2.22. The molecule has 7 nitrogen and oxygen atoms in total. The topological polar surface area (TPSA) is 97.0 Å². The highest BCUT2D eigenvalue weighted by atomic mass is 127. The standard InChI is InChI=1S/C20H22N4O3.HI/c1-13(2)27-15-9-7-14(8-10-15)23-20(21)22-11-12-24-18(25)16-5-3-4-6-17(16)19(24)26;/h3-10,13H,11-12H2,1-2H3,(H3,21,22,23);1H. The number of nitrogens with zero attached hydrogens (tertiary/aromatic N) is 2. The molecule has 8 heteroatoms. The number of carbonyl (C=O) groups excluding carboxylic acids is 2. The van der Waals surface area contributed by atoms with E-state index in [-0.39, 0.29) is 60.9 Å². The van der Waals surface area contributed by atoms with Gasteiger partial charge in [0.25, 0.3) is 11.8 Å². The fourth-order valence-electron chi connectivity index (χ4n) is 2.79. The molecular formula is C20H23IN4O3. The molecule has 2 amide bonds. The summed E-state index contributed by atoms with van der Waals surface area (Å²) in [5.74, 6) is 0.400. The fraction of sp³-hybridized carbons (Fsp3) is 0.250. The van der Waals surface area contributed by atoms with Crippen LogP contribution in [0.25, 0.3) is 0 Å². The number of aliphatic imine (C=N–C) groups is 1. The van der Waals surface area contributed by atoms with Crippen LogP contribution in [-0.2, 0) is 0 Å². The number of halogens is 1. The van der Waals surface area contributed by atoms with Gasteiger partial charge in [0.15, 0.2) is 5.96 Å². The molecule has 0 atom stereocenters. The van der Waals surface area contributed by atoms with Crippen LogP contribution in [0.3, 0.4) is 0 Å². The number of benzene rings is 2. The zero-order valence-electron chi connectivity index (χ0n) is 15.7. The van der Waals surface area contributed by atoms with E-state index in [2.05, 4.69) is 10.3 Å². The van der Waals surface area contributed by atoms with Crippen molar-refractivity contribution < 1.29 is 14.3 Å². The smallest absolute Gasteiger partial charge is 0.261 e. The van der Waals surface area contributed by atoms with Crippen LogP contribution < -0.4 is 15.8 Å². The zero-order valence-corrected chi connectivity index (χ0v) is 18.0. The van der Waals surface area contributed by atoms with E-state index in [9.17, 15) is 9.59 Å². The molecular weight excluding hydrogens is 471 g/mol. The lowest BCUT2D eigenvalue weighted by atomic mass is 10.1. The summed E-state index contributed by atoms with van der Waals surface area (Å²) >= 11 is 0. The summed E-state index contributed by atoms with van der Waals surface area (Å²) in [4.78, 5) is 29.9. The van der Waals surface area contributed by atoms with Crippen LogP contribution in [0.5, 0.6) is 5.75 Å². The highest BCUT2D eigenvalue weighted by Gasteiger charge is 2.34. The number of fused-ring (bicyclic) bond motifs is 1. The molecule has 2 aromatic carbocycles. The number of hydrogen-bond acceptors (Lipinski definition) is 4. The van der Waals surface area contributed by atoms with Gasteiger partial charge in [0, 0.05) is 12.2 Å². The second-order valence-corrected chi connectivity index (χ2v) is 6.39. The van der Waals surface area contributed by atoms with Crippen molar-refractivity contribution in [2.24, 2.45) is 10.7 Å². The van der Waals surface area contributed by atoms with Crippen molar-refractivity contribution in [3.63, 3.8) is 0 Å². The molecule has 148 valence electrons.